The maximum absolute atomic E-state index is 13.1. The number of halogens is 4. The summed E-state index contributed by atoms with van der Waals surface area (Å²) >= 11 is 0. The minimum absolute atomic E-state index is 0.439. The van der Waals surface area contributed by atoms with Crippen molar-refractivity contribution in [1.82, 2.24) is 5.32 Å². The first-order valence-electron chi connectivity index (χ1n) is 4.24. The molecule has 1 aliphatic rings. The molecule has 0 atom stereocenters. The van der Waals surface area contributed by atoms with E-state index in [0.717, 1.165) is 0 Å². The summed E-state index contributed by atoms with van der Waals surface area (Å²) < 4.78 is 50.6. The average molecular weight is 240 g/mol. The van der Waals surface area contributed by atoms with Gasteiger partial charge in [0.2, 0.25) is 0 Å². The van der Waals surface area contributed by atoms with Gasteiger partial charge in [0.1, 0.15) is 5.71 Å². The summed E-state index contributed by atoms with van der Waals surface area (Å²) in [4.78, 5) is 10.2. The van der Waals surface area contributed by atoms with E-state index in [1.807, 2.05) is 0 Å². The van der Waals surface area contributed by atoms with Gasteiger partial charge in [0, 0.05) is 12.0 Å². The van der Waals surface area contributed by atoms with Crippen LogP contribution in [0.5, 0.6) is 0 Å². The van der Waals surface area contributed by atoms with Crippen molar-refractivity contribution in [3.8, 4) is 0 Å². The van der Waals surface area contributed by atoms with E-state index in [2.05, 4.69) is 0 Å². The molecule has 0 unspecified atom stereocenters. The van der Waals surface area contributed by atoms with E-state index in [0.29, 0.717) is 0 Å². The summed E-state index contributed by atoms with van der Waals surface area (Å²) in [5, 5.41) is 16.6. The Labute approximate surface area is 87.5 Å². The molecule has 8 heteroatoms. The first-order valence-corrected chi connectivity index (χ1v) is 4.24. The van der Waals surface area contributed by atoms with Gasteiger partial charge in [-0.1, -0.05) is 0 Å². The molecule has 1 rings (SSSR count). The molecule has 0 bridgehead atoms. The van der Waals surface area contributed by atoms with Crippen LogP contribution in [0.2, 0.25) is 0 Å². The molecule has 4 nitrogen and oxygen atoms in total. The Bertz CT molecular complexity index is 365. The molecule has 0 aromatic carbocycles. The molecule has 16 heavy (non-hydrogen) atoms. The van der Waals surface area contributed by atoms with E-state index in [9.17, 15) is 22.4 Å². The number of allylic oxidation sites excluding steroid dienone is 2. The van der Waals surface area contributed by atoms with E-state index in [4.69, 9.17) is 10.5 Å². The lowest BCUT2D eigenvalue weighted by Gasteiger charge is -2.14. The Morgan fingerprint density at radius 1 is 1.50 bits per heavy atom. The van der Waals surface area contributed by atoms with Crippen molar-refractivity contribution in [2.24, 2.45) is 0 Å². The summed E-state index contributed by atoms with van der Waals surface area (Å²) in [5.41, 5.74) is -2.99. The van der Waals surface area contributed by atoms with Crippen LogP contribution >= 0.6 is 0 Å². The smallest absolute Gasteiger partial charge is 0.409 e. The van der Waals surface area contributed by atoms with Gasteiger partial charge >= 0.3 is 6.09 Å². The van der Waals surface area contributed by atoms with E-state index < -0.39 is 48.3 Å². The largest absolute Gasteiger partial charge is 0.465 e. The van der Waals surface area contributed by atoms with Crippen LogP contribution in [-0.2, 0) is 0 Å². The highest BCUT2D eigenvalue weighted by atomic mass is 19.3. The highest BCUT2D eigenvalue weighted by Gasteiger charge is 2.44. The summed E-state index contributed by atoms with van der Waals surface area (Å²) in [5.74, 6) is -3.51. The van der Waals surface area contributed by atoms with Gasteiger partial charge in [-0.25, -0.2) is 13.6 Å². The number of carbonyl (C=O) groups is 1. The van der Waals surface area contributed by atoms with Gasteiger partial charge in [-0.15, -0.1) is 0 Å². The third kappa shape index (κ3) is 2.31. The van der Waals surface area contributed by atoms with Crippen LogP contribution in [0, 0.1) is 5.41 Å². The molecule has 0 radical (unpaired) electrons. The van der Waals surface area contributed by atoms with Crippen LogP contribution in [0.1, 0.15) is 12.8 Å². The zero-order valence-corrected chi connectivity index (χ0v) is 7.86. The van der Waals surface area contributed by atoms with Gasteiger partial charge < -0.3 is 5.11 Å². The standard InChI is InChI=1S/C8H8F4N2O2/c9-6(10)4(13)3-1-2-8(11,12)5(3)14-7(15)16/h6,13-14H,1-2H2,(H,15,16). The average Bonchev–Trinajstić information content (AvgIpc) is 2.41. The molecule has 0 spiro atoms. The van der Waals surface area contributed by atoms with Crippen LogP contribution in [0.4, 0.5) is 22.4 Å². The Morgan fingerprint density at radius 3 is 2.50 bits per heavy atom. The van der Waals surface area contributed by atoms with Gasteiger partial charge in [-0.2, -0.15) is 8.78 Å². The second kappa shape index (κ2) is 4.11. The molecule has 1 aliphatic carbocycles. The SMILES string of the molecule is N=C(C1=C(NC(=O)O)C(F)(F)CC1)C(F)F. The van der Waals surface area contributed by atoms with Gasteiger partial charge in [0.25, 0.3) is 12.3 Å². The van der Waals surface area contributed by atoms with Crippen molar-refractivity contribution in [3.05, 3.63) is 11.3 Å². The Hall–Kier alpha value is -1.60. The van der Waals surface area contributed by atoms with E-state index >= 15 is 0 Å². The van der Waals surface area contributed by atoms with Crippen LogP contribution in [0.3, 0.4) is 0 Å². The molecular weight excluding hydrogens is 232 g/mol. The second-order valence-electron chi connectivity index (χ2n) is 3.20. The summed E-state index contributed by atoms with van der Waals surface area (Å²) in [6, 6.07) is 0. The summed E-state index contributed by atoms with van der Waals surface area (Å²) in [6.45, 7) is 0. The molecule has 0 aliphatic heterocycles. The van der Waals surface area contributed by atoms with Gasteiger partial charge in [0.15, 0.2) is 0 Å². The minimum atomic E-state index is -3.51. The van der Waals surface area contributed by atoms with Gasteiger partial charge in [-0.05, 0) is 6.42 Å². The molecular formula is C8H8F4N2O2. The molecule has 0 heterocycles. The quantitative estimate of drug-likeness (QED) is 0.522. The molecule has 0 saturated carbocycles. The topological polar surface area (TPSA) is 73.2 Å². The van der Waals surface area contributed by atoms with Crippen molar-refractivity contribution in [2.75, 3.05) is 0 Å². The fourth-order valence-electron chi connectivity index (χ4n) is 1.43. The molecule has 0 fully saturated rings. The Balaban J connectivity index is 3.09. The van der Waals surface area contributed by atoms with Gasteiger partial charge in [0.05, 0.1) is 5.70 Å². The number of nitrogens with one attached hydrogen (secondary N) is 2. The zero-order chi connectivity index (χ0) is 12.5. The lowest BCUT2D eigenvalue weighted by molar-refractivity contribution is 0.0363. The number of alkyl halides is 4. The molecule has 0 saturated heterocycles. The van der Waals surface area contributed by atoms with Crippen LogP contribution in [-0.4, -0.2) is 29.3 Å². The normalized spacial score (nSPS) is 19.1. The predicted octanol–water partition coefficient (Wildman–Crippen LogP) is 2.22. The second-order valence-corrected chi connectivity index (χ2v) is 3.20. The third-order valence-electron chi connectivity index (χ3n) is 2.13. The molecule has 0 aromatic heterocycles. The Kier molecular flexibility index (Phi) is 3.20. The summed E-state index contributed by atoms with van der Waals surface area (Å²) in [7, 11) is 0. The van der Waals surface area contributed by atoms with Crippen LogP contribution in [0.25, 0.3) is 0 Å². The van der Waals surface area contributed by atoms with E-state index in [1.54, 1.807) is 0 Å². The van der Waals surface area contributed by atoms with E-state index in [1.165, 1.54) is 5.32 Å². The lowest BCUT2D eigenvalue weighted by atomic mass is 10.1. The zero-order valence-electron chi connectivity index (χ0n) is 7.86. The number of hydrogen-bond donors (Lipinski definition) is 3. The highest BCUT2D eigenvalue weighted by Crippen LogP contribution is 2.39. The third-order valence-corrected chi connectivity index (χ3v) is 2.13. The van der Waals surface area contributed by atoms with Crippen molar-refractivity contribution in [2.45, 2.75) is 25.2 Å². The van der Waals surface area contributed by atoms with Crippen molar-refractivity contribution in [3.63, 3.8) is 0 Å². The Morgan fingerprint density at radius 2 is 2.06 bits per heavy atom. The predicted molar refractivity (Wildman–Crippen MR) is 46.1 cm³/mol. The number of carboxylic acid groups (broad SMARTS) is 1. The molecule has 1 amide bonds. The number of amides is 1. The molecule has 90 valence electrons. The van der Waals surface area contributed by atoms with Gasteiger partial charge in [-0.3, -0.25) is 10.7 Å². The first kappa shape index (κ1) is 12.5. The van der Waals surface area contributed by atoms with Crippen molar-refractivity contribution in [1.29, 1.82) is 5.41 Å². The lowest BCUT2D eigenvalue weighted by Crippen LogP contribution is -2.32. The number of hydrogen-bond acceptors (Lipinski definition) is 2. The molecule has 3 N–H and O–H groups in total. The monoisotopic (exact) mass is 240 g/mol. The number of rotatable bonds is 3. The molecule has 0 aromatic rings. The maximum Gasteiger partial charge on any atom is 0.409 e. The maximum atomic E-state index is 13.1. The van der Waals surface area contributed by atoms with Crippen LogP contribution in [0.15, 0.2) is 11.3 Å². The van der Waals surface area contributed by atoms with Crippen molar-refractivity contribution < 1.29 is 27.5 Å². The minimum Gasteiger partial charge on any atom is -0.465 e. The highest BCUT2D eigenvalue weighted by molar-refractivity contribution is 6.01. The fourth-order valence-corrected chi connectivity index (χ4v) is 1.43. The van der Waals surface area contributed by atoms with Crippen molar-refractivity contribution >= 4 is 11.8 Å². The van der Waals surface area contributed by atoms with E-state index in [-0.39, 0.29) is 0 Å². The fraction of sp³-hybridized carbons (Fsp3) is 0.500. The first-order chi connectivity index (χ1) is 7.25. The summed E-state index contributed by atoms with van der Waals surface area (Å²) in [6.07, 6.45) is -6.18. The van der Waals surface area contributed by atoms with Crippen LogP contribution < -0.4 is 5.32 Å².